The largest absolute Gasteiger partial charge is 0.367 e. The molecule has 2 rings (SSSR count). The molecule has 0 unspecified atom stereocenters. The van der Waals surface area contributed by atoms with Crippen molar-refractivity contribution >= 4 is 11.5 Å². The van der Waals surface area contributed by atoms with Crippen LogP contribution in [0, 0.1) is 18.6 Å². The number of carbonyl (C=O) groups is 1. The van der Waals surface area contributed by atoms with Crippen molar-refractivity contribution in [3.63, 3.8) is 0 Å². The molecule has 4 heteroatoms. The lowest BCUT2D eigenvalue weighted by molar-refractivity contribution is 0.0996. The number of halogens is 2. The Bertz CT molecular complexity index is 640. The molecule has 0 aromatic heterocycles. The monoisotopic (exact) mass is 275 g/mol. The molecule has 0 fully saturated rings. The number of nitrogens with zero attached hydrogens (tertiary/aromatic N) is 1. The maximum absolute atomic E-state index is 13.5. The van der Waals surface area contributed by atoms with E-state index in [0.29, 0.717) is 0 Å². The molecule has 104 valence electrons. The Morgan fingerprint density at radius 2 is 1.85 bits per heavy atom. The van der Waals surface area contributed by atoms with E-state index in [1.807, 2.05) is 31.2 Å². The van der Waals surface area contributed by atoms with E-state index < -0.39 is 17.4 Å². The Morgan fingerprint density at radius 1 is 1.15 bits per heavy atom. The molecule has 0 aliphatic carbocycles. The van der Waals surface area contributed by atoms with Crippen molar-refractivity contribution in [2.45, 2.75) is 6.92 Å². The number of anilines is 1. The van der Waals surface area contributed by atoms with Crippen LogP contribution in [0.4, 0.5) is 14.5 Å². The molecule has 0 heterocycles. The van der Waals surface area contributed by atoms with Gasteiger partial charge in [0, 0.05) is 12.7 Å². The fourth-order valence-electron chi connectivity index (χ4n) is 2.09. The van der Waals surface area contributed by atoms with E-state index in [4.69, 9.17) is 0 Å². The number of Topliss-reactive ketones (excluding diaryl/α,β-unsaturated/α-hetero) is 1. The molecule has 0 amide bonds. The van der Waals surface area contributed by atoms with Crippen LogP contribution in [0.2, 0.25) is 0 Å². The predicted molar refractivity (Wildman–Crippen MR) is 75.1 cm³/mol. The maximum Gasteiger partial charge on any atom is 0.185 e. The highest BCUT2D eigenvalue weighted by Gasteiger charge is 2.15. The minimum atomic E-state index is -0.699. The van der Waals surface area contributed by atoms with Gasteiger partial charge in [-0.3, -0.25) is 4.79 Å². The topological polar surface area (TPSA) is 20.3 Å². The van der Waals surface area contributed by atoms with Gasteiger partial charge in [-0.05, 0) is 36.8 Å². The normalized spacial score (nSPS) is 10.4. The van der Waals surface area contributed by atoms with Gasteiger partial charge in [0.2, 0.25) is 0 Å². The Balaban J connectivity index is 2.20. The second kappa shape index (κ2) is 5.82. The number of ketones is 1. The molecule has 0 bridgehead atoms. The van der Waals surface area contributed by atoms with Crippen LogP contribution in [0.1, 0.15) is 15.9 Å². The summed E-state index contributed by atoms with van der Waals surface area (Å²) >= 11 is 0. The second-order valence-electron chi connectivity index (χ2n) is 4.69. The Morgan fingerprint density at radius 3 is 2.55 bits per heavy atom. The summed E-state index contributed by atoms with van der Waals surface area (Å²) < 4.78 is 26.6. The third-order valence-electron chi connectivity index (χ3n) is 3.14. The van der Waals surface area contributed by atoms with E-state index in [2.05, 4.69) is 0 Å². The van der Waals surface area contributed by atoms with Gasteiger partial charge in [0.05, 0.1) is 12.1 Å². The molecule has 0 aliphatic rings. The molecule has 20 heavy (non-hydrogen) atoms. The smallest absolute Gasteiger partial charge is 0.185 e. The van der Waals surface area contributed by atoms with E-state index >= 15 is 0 Å². The van der Waals surface area contributed by atoms with Gasteiger partial charge in [0.25, 0.3) is 0 Å². The number of rotatable bonds is 4. The highest BCUT2D eigenvalue weighted by molar-refractivity contribution is 5.99. The van der Waals surface area contributed by atoms with E-state index in [0.717, 1.165) is 29.4 Å². The van der Waals surface area contributed by atoms with E-state index in [-0.39, 0.29) is 12.1 Å². The maximum atomic E-state index is 13.5. The molecule has 2 nitrogen and oxygen atoms in total. The Labute approximate surface area is 116 Å². The molecule has 0 N–H and O–H groups in total. The fraction of sp³-hybridized carbons (Fsp3) is 0.188. The minimum Gasteiger partial charge on any atom is -0.367 e. The number of para-hydroxylation sites is 1. The van der Waals surface area contributed by atoms with Gasteiger partial charge in [-0.1, -0.05) is 18.2 Å². The quantitative estimate of drug-likeness (QED) is 0.795. The first kappa shape index (κ1) is 14.2. The van der Waals surface area contributed by atoms with Gasteiger partial charge >= 0.3 is 0 Å². The number of hydrogen-bond donors (Lipinski definition) is 0. The minimum absolute atomic E-state index is 0.00870. The van der Waals surface area contributed by atoms with Gasteiger partial charge in [-0.25, -0.2) is 8.78 Å². The van der Waals surface area contributed by atoms with Crippen molar-refractivity contribution in [3.05, 3.63) is 65.2 Å². The van der Waals surface area contributed by atoms with Crippen molar-refractivity contribution in [3.8, 4) is 0 Å². The SMILES string of the molecule is Cc1ccccc1N(C)CC(=O)c1cc(F)ccc1F. The summed E-state index contributed by atoms with van der Waals surface area (Å²) in [5.41, 5.74) is 1.69. The highest BCUT2D eigenvalue weighted by atomic mass is 19.1. The van der Waals surface area contributed by atoms with Crippen molar-refractivity contribution in [2.75, 3.05) is 18.5 Å². The first-order valence-electron chi connectivity index (χ1n) is 6.24. The lowest BCUT2D eigenvalue weighted by Crippen LogP contribution is -2.26. The number of hydrogen-bond acceptors (Lipinski definition) is 2. The molecule has 2 aromatic rings. The van der Waals surface area contributed by atoms with E-state index in [1.165, 1.54) is 0 Å². The van der Waals surface area contributed by atoms with Crippen LogP contribution in [0.15, 0.2) is 42.5 Å². The van der Waals surface area contributed by atoms with Crippen LogP contribution in [0.5, 0.6) is 0 Å². The number of aryl methyl sites for hydroxylation is 1. The summed E-state index contributed by atoms with van der Waals surface area (Å²) in [5.74, 6) is -1.77. The molecular formula is C16H15F2NO. The zero-order chi connectivity index (χ0) is 14.7. The second-order valence-corrected chi connectivity index (χ2v) is 4.69. The zero-order valence-corrected chi connectivity index (χ0v) is 11.4. The van der Waals surface area contributed by atoms with Gasteiger partial charge in [-0.2, -0.15) is 0 Å². The first-order chi connectivity index (χ1) is 9.49. The zero-order valence-electron chi connectivity index (χ0n) is 11.4. The molecule has 0 saturated carbocycles. The van der Waals surface area contributed by atoms with E-state index in [9.17, 15) is 13.6 Å². The van der Waals surface area contributed by atoms with Crippen LogP contribution >= 0.6 is 0 Å². The standard InChI is InChI=1S/C16H15F2NO/c1-11-5-3-4-6-15(11)19(2)10-16(20)13-9-12(17)7-8-14(13)18/h3-9H,10H2,1-2H3. The third-order valence-corrected chi connectivity index (χ3v) is 3.14. The Kier molecular flexibility index (Phi) is 4.13. The van der Waals surface area contributed by atoms with Crippen LogP contribution < -0.4 is 4.90 Å². The summed E-state index contributed by atoms with van der Waals surface area (Å²) in [6.45, 7) is 1.92. The summed E-state index contributed by atoms with van der Waals surface area (Å²) in [6, 6.07) is 10.5. The summed E-state index contributed by atoms with van der Waals surface area (Å²) in [7, 11) is 1.75. The predicted octanol–water partition coefficient (Wildman–Crippen LogP) is 3.59. The number of carbonyl (C=O) groups excluding carboxylic acids is 1. The summed E-state index contributed by atoms with van der Waals surface area (Å²) in [5, 5.41) is 0. The Hall–Kier alpha value is -2.23. The summed E-state index contributed by atoms with van der Waals surface area (Å²) in [6.07, 6.45) is 0. The van der Waals surface area contributed by atoms with Crippen LogP contribution in [0.25, 0.3) is 0 Å². The average Bonchev–Trinajstić information content (AvgIpc) is 2.41. The first-order valence-corrected chi connectivity index (χ1v) is 6.24. The van der Waals surface area contributed by atoms with Crippen molar-refractivity contribution in [1.82, 2.24) is 0 Å². The molecule has 0 aliphatic heterocycles. The van der Waals surface area contributed by atoms with Crippen molar-refractivity contribution < 1.29 is 13.6 Å². The van der Waals surface area contributed by atoms with Crippen LogP contribution in [-0.2, 0) is 0 Å². The van der Waals surface area contributed by atoms with Crippen molar-refractivity contribution in [2.24, 2.45) is 0 Å². The molecule has 0 atom stereocenters. The average molecular weight is 275 g/mol. The molecule has 2 aromatic carbocycles. The lowest BCUT2D eigenvalue weighted by Gasteiger charge is -2.20. The van der Waals surface area contributed by atoms with Crippen LogP contribution in [0.3, 0.4) is 0 Å². The van der Waals surface area contributed by atoms with Gasteiger partial charge in [0.15, 0.2) is 5.78 Å². The van der Waals surface area contributed by atoms with Gasteiger partial charge in [-0.15, -0.1) is 0 Å². The third kappa shape index (κ3) is 3.02. The van der Waals surface area contributed by atoms with Crippen LogP contribution in [-0.4, -0.2) is 19.4 Å². The molecule has 0 radical (unpaired) electrons. The summed E-state index contributed by atoms with van der Waals surface area (Å²) in [4.78, 5) is 13.8. The molecular weight excluding hydrogens is 260 g/mol. The fourth-order valence-corrected chi connectivity index (χ4v) is 2.09. The van der Waals surface area contributed by atoms with Gasteiger partial charge < -0.3 is 4.90 Å². The molecule has 0 spiro atoms. The lowest BCUT2D eigenvalue weighted by atomic mass is 10.1. The van der Waals surface area contributed by atoms with E-state index in [1.54, 1.807) is 11.9 Å². The van der Waals surface area contributed by atoms with Crippen molar-refractivity contribution in [1.29, 1.82) is 0 Å². The van der Waals surface area contributed by atoms with Gasteiger partial charge in [0.1, 0.15) is 11.6 Å². The number of likely N-dealkylation sites (N-methyl/N-ethyl adjacent to an activating group) is 1. The highest BCUT2D eigenvalue weighted by Crippen LogP contribution is 2.19. The number of benzene rings is 2. The molecule has 0 saturated heterocycles.